The van der Waals surface area contributed by atoms with Gasteiger partial charge in [0.2, 0.25) is 0 Å². The molecular formula is C17H12Cl4N4O4S. The number of nitrogens with zero attached hydrogens (tertiary/aromatic N) is 3. The Labute approximate surface area is 191 Å². The summed E-state index contributed by atoms with van der Waals surface area (Å²) in [4.78, 5) is 12.2. The number of carbonyl (C=O) groups excluding carboxylic acids is 1. The summed E-state index contributed by atoms with van der Waals surface area (Å²) in [5.41, 5.74) is 0.419. The first-order valence-electron chi connectivity index (χ1n) is 8.03. The lowest BCUT2D eigenvalue weighted by atomic mass is 10.2. The van der Waals surface area contributed by atoms with Gasteiger partial charge in [-0.2, -0.15) is 0 Å². The van der Waals surface area contributed by atoms with Crippen molar-refractivity contribution < 1.29 is 17.9 Å². The molecule has 13 heteroatoms. The fourth-order valence-corrected chi connectivity index (χ4v) is 4.64. The third-order valence-corrected chi connectivity index (χ3v) is 6.82. The fraction of sp³-hybridized carbons (Fsp3) is 0.118. The standard InChI is InChI=1S/C17H12Cl4N4O4S/c1-8-16(22-24-25(8)14-5-9(29-2)3-4-10(14)18)17(26)23-30(27,28)15-7-12(20)11(19)6-13(15)21/h3-7H,1-2H3,(H,23,26). The lowest BCUT2D eigenvalue weighted by molar-refractivity contribution is 0.0976. The number of benzene rings is 2. The van der Waals surface area contributed by atoms with Crippen LogP contribution in [0.25, 0.3) is 5.69 Å². The van der Waals surface area contributed by atoms with Crippen molar-refractivity contribution in [2.45, 2.75) is 11.8 Å². The third-order valence-electron chi connectivity index (χ3n) is 3.98. The average molecular weight is 510 g/mol. The molecule has 0 fully saturated rings. The molecule has 0 atom stereocenters. The molecule has 3 rings (SSSR count). The van der Waals surface area contributed by atoms with Gasteiger partial charge < -0.3 is 4.74 Å². The highest BCUT2D eigenvalue weighted by molar-refractivity contribution is 7.90. The van der Waals surface area contributed by atoms with Crippen LogP contribution in [0.4, 0.5) is 0 Å². The quantitative estimate of drug-likeness (QED) is 0.514. The molecule has 0 unspecified atom stereocenters. The van der Waals surface area contributed by atoms with Crippen LogP contribution in [0.15, 0.2) is 35.2 Å². The predicted molar refractivity (Wildman–Crippen MR) is 114 cm³/mol. The van der Waals surface area contributed by atoms with E-state index >= 15 is 0 Å². The number of amides is 1. The van der Waals surface area contributed by atoms with Crippen LogP contribution in [-0.4, -0.2) is 36.4 Å². The zero-order chi connectivity index (χ0) is 22.2. The second-order valence-electron chi connectivity index (χ2n) is 5.88. The molecule has 0 aliphatic carbocycles. The van der Waals surface area contributed by atoms with E-state index in [1.54, 1.807) is 18.2 Å². The molecule has 0 aliphatic rings. The number of sulfonamides is 1. The van der Waals surface area contributed by atoms with Gasteiger partial charge in [-0.1, -0.05) is 51.6 Å². The Morgan fingerprint density at radius 1 is 1.03 bits per heavy atom. The van der Waals surface area contributed by atoms with Crippen molar-refractivity contribution in [3.63, 3.8) is 0 Å². The lowest BCUT2D eigenvalue weighted by Gasteiger charge is -2.10. The van der Waals surface area contributed by atoms with E-state index in [0.29, 0.717) is 16.5 Å². The number of methoxy groups -OCH3 is 1. The van der Waals surface area contributed by atoms with Crippen molar-refractivity contribution in [2.75, 3.05) is 7.11 Å². The first-order valence-corrected chi connectivity index (χ1v) is 11.0. The molecule has 0 spiro atoms. The highest BCUT2D eigenvalue weighted by Gasteiger charge is 2.26. The minimum Gasteiger partial charge on any atom is -0.497 e. The monoisotopic (exact) mass is 508 g/mol. The number of carbonyl (C=O) groups is 1. The maximum atomic E-state index is 12.6. The van der Waals surface area contributed by atoms with Crippen LogP contribution in [0.1, 0.15) is 16.2 Å². The fourth-order valence-electron chi connectivity index (χ4n) is 2.49. The summed E-state index contributed by atoms with van der Waals surface area (Å²) in [6.07, 6.45) is 0. The summed E-state index contributed by atoms with van der Waals surface area (Å²) in [7, 11) is -2.88. The van der Waals surface area contributed by atoms with Gasteiger partial charge in [0.25, 0.3) is 15.9 Å². The molecule has 0 saturated carbocycles. The number of hydrogen-bond donors (Lipinski definition) is 1. The number of ether oxygens (including phenoxy) is 1. The maximum absolute atomic E-state index is 12.6. The minimum atomic E-state index is -4.37. The van der Waals surface area contributed by atoms with Gasteiger partial charge in [-0.15, -0.1) is 5.10 Å². The predicted octanol–water partition coefficient (Wildman–Crippen LogP) is 4.32. The summed E-state index contributed by atoms with van der Waals surface area (Å²) in [5.74, 6) is -0.507. The second-order valence-corrected chi connectivity index (χ2v) is 9.16. The van der Waals surface area contributed by atoms with Crippen molar-refractivity contribution in [2.24, 2.45) is 0 Å². The van der Waals surface area contributed by atoms with Crippen LogP contribution < -0.4 is 9.46 Å². The summed E-state index contributed by atoms with van der Waals surface area (Å²) in [5, 5.41) is 7.83. The Kier molecular flexibility index (Phi) is 6.49. The normalized spacial score (nSPS) is 11.4. The summed E-state index contributed by atoms with van der Waals surface area (Å²) >= 11 is 23.8. The summed E-state index contributed by atoms with van der Waals surface area (Å²) in [6.45, 7) is 1.53. The van der Waals surface area contributed by atoms with E-state index in [9.17, 15) is 13.2 Å². The van der Waals surface area contributed by atoms with E-state index in [4.69, 9.17) is 51.1 Å². The van der Waals surface area contributed by atoms with Crippen molar-refractivity contribution >= 4 is 62.3 Å². The molecule has 0 bridgehead atoms. The molecule has 1 amide bonds. The zero-order valence-electron chi connectivity index (χ0n) is 15.3. The highest BCUT2D eigenvalue weighted by Crippen LogP contribution is 2.32. The van der Waals surface area contributed by atoms with Crippen LogP contribution in [0.2, 0.25) is 20.1 Å². The molecule has 3 aromatic rings. The topological polar surface area (TPSA) is 103 Å². The van der Waals surface area contributed by atoms with Crippen molar-refractivity contribution in [1.82, 2.24) is 19.7 Å². The van der Waals surface area contributed by atoms with E-state index in [1.165, 1.54) is 18.7 Å². The first-order chi connectivity index (χ1) is 14.0. The van der Waals surface area contributed by atoms with Crippen LogP contribution in [-0.2, 0) is 10.0 Å². The van der Waals surface area contributed by atoms with Gasteiger partial charge in [0.05, 0.1) is 38.6 Å². The molecule has 158 valence electrons. The molecule has 2 aromatic carbocycles. The van der Waals surface area contributed by atoms with Crippen molar-refractivity contribution in [3.8, 4) is 11.4 Å². The molecule has 1 N–H and O–H groups in total. The highest BCUT2D eigenvalue weighted by atomic mass is 35.5. The maximum Gasteiger partial charge on any atom is 0.287 e. The number of rotatable bonds is 5. The molecular weight excluding hydrogens is 498 g/mol. The molecule has 30 heavy (non-hydrogen) atoms. The SMILES string of the molecule is COc1ccc(Cl)c(-n2nnc(C(=O)NS(=O)(=O)c3cc(Cl)c(Cl)cc3Cl)c2C)c1. The van der Waals surface area contributed by atoms with E-state index in [1.807, 2.05) is 4.72 Å². The molecule has 8 nitrogen and oxygen atoms in total. The average Bonchev–Trinajstić information content (AvgIpc) is 3.06. The number of nitrogens with one attached hydrogen (secondary N) is 1. The summed E-state index contributed by atoms with van der Waals surface area (Å²) < 4.78 is 33.6. The van der Waals surface area contributed by atoms with Crippen LogP contribution in [0.3, 0.4) is 0 Å². The zero-order valence-corrected chi connectivity index (χ0v) is 19.1. The molecule has 0 aliphatic heterocycles. The molecule has 0 saturated heterocycles. The minimum absolute atomic E-state index is 0.0383. The smallest absolute Gasteiger partial charge is 0.287 e. The third kappa shape index (κ3) is 4.35. The van der Waals surface area contributed by atoms with E-state index in [-0.39, 0.29) is 26.5 Å². The van der Waals surface area contributed by atoms with Gasteiger partial charge in [0.1, 0.15) is 10.6 Å². The number of halogens is 4. The molecule has 1 aromatic heterocycles. The number of hydrogen-bond acceptors (Lipinski definition) is 6. The van der Waals surface area contributed by atoms with Gasteiger partial charge >= 0.3 is 0 Å². The van der Waals surface area contributed by atoms with Crippen molar-refractivity contribution in [3.05, 3.63) is 61.8 Å². The molecule has 1 heterocycles. The number of aromatic nitrogens is 3. The van der Waals surface area contributed by atoms with E-state index in [2.05, 4.69) is 10.3 Å². The molecule has 0 radical (unpaired) electrons. The largest absolute Gasteiger partial charge is 0.497 e. The van der Waals surface area contributed by atoms with Crippen LogP contribution in [0.5, 0.6) is 5.75 Å². The van der Waals surface area contributed by atoms with Gasteiger partial charge in [-0.25, -0.2) is 17.8 Å². The Hall–Kier alpha value is -2.04. The Morgan fingerprint density at radius 2 is 1.70 bits per heavy atom. The second kappa shape index (κ2) is 8.60. The van der Waals surface area contributed by atoms with E-state index < -0.39 is 20.8 Å². The Morgan fingerprint density at radius 3 is 2.37 bits per heavy atom. The van der Waals surface area contributed by atoms with Gasteiger partial charge in [-0.05, 0) is 31.2 Å². The van der Waals surface area contributed by atoms with Crippen molar-refractivity contribution in [1.29, 1.82) is 0 Å². The first kappa shape index (κ1) is 22.6. The Balaban J connectivity index is 1.95. The van der Waals surface area contributed by atoms with E-state index in [0.717, 1.165) is 12.1 Å². The van der Waals surface area contributed by atoms with Crippen LogP contribution in [0, 0.1) is 6.92 Å². The van der Waals surface area contributed by atoms with Gasteiger partial charge in [-0.3, -0.25) is 4.79 Å². The Bertz CT molecular complexity index is 1260. The van der Waals surface area contributed by atoms with Gasteiger partial charge in [0.15, 0.2) is 5.69 Å². The van der Waals surface area contributed by atoms with Gasteiger partial charge in [0, 0.05) is 6.07 Å². The lowest BCUT2D eigenvalue weighted by Crippen LogP contribution is -2.31. The summed E-state index contributed by atoms with van der Waals surface area (Å²) in [6, 6.07) is 7.04. The van der Waals surface area contributed by atoms with Crippen LogP contribution >= 0.6 is 46.4 Å².